The van der Waals surface area contributed by atoms with Gasteiger partial charge in [-0.05, 0) is 61.5 Å². The Kier molecular flexibility index (Phi) is 5.63. The molecule has 8 heteroatoms. The number of hydrogen-bond acceptors (Lipinski definition) is 4. The van der Waals surface area contributed by atoms with Crippen LogP contribution in [0.2, 0.25) is 5.02 Å². The van der Waals surface area contributed by atoms with Gasteiger partial charge in [-0.2, -0.15) is 5.10 Å². The van der Waals surface area contributed by atoms with E-state index < -0.39 is 0 Å². The van der Waals surface area contributed by atoms with Crippen molar-refractivity contribution in [3.8, 4) is 17.0 Å². The summed E-state index contributed by atoms with van der Waals surface area (Å²) in [7, 11) is 0. The topological polar surface area (TPSA) is 68.5 Å². The fraction of sp³-hybridized carbons (Fsp3) is 0.136. The lowest BCUT2D eigenvalue weighted by Crippen LogP contribution is -2.37. The van der Waals surface area contributed by atoms with Crippen LogP contribution in [0, 0.1) is 5.82 Å². The van der Waals surface area contributed by atoms with Gasteiger partial charge in [0.2, 0.25) is 0 Å². The summed E-state index contributed by atoms with van der Waals surface area (Å²) in [5, 5.41) is 7.88. The van der Waals surface area contributed by atoms with Crippen LogP contribution in [0.1, 0.15) is 17.4 Å². The number of nitrogens with one attached hydrogen (secondary N) is 1. The molecule has 0 bridgehead atoms. The minimum atomic E-state index is -0.335. The quantitative estimate of drug-likeness (QED) is 0.498. The third kappa shape index (κ3) is 4.41. The van der Waals surface area contributed by atoms with E-state index in [1.807, 2.05) is 6.92 Å². The molecule has 6 nitrogen and oxygen atoms in total. The maximum absolute atomic E-state index is 13.2. The van der Waals surface area contributed by atoms with Gasteiger partial charge in [0.05, 0.1) is 11.7 Å². The highest BCUT2D eigenvalue weighted by atomic mass is 35.5. The Hall–Kier alpha value is -3.45. The van der Waals surface area contributed by atoms with Gasteiger partial charge >= 0.3 is 0 Å². The standard InChI is InChI=1S/C22H18ClFN4O2/c1-14(13-30-18-8-4-16(23)5-9-18)26-22(29)19-12-21-25-11-10-20(28(21)27-19)15-2-6-17(24)7-3-15/h2-12,14H,13H2,1H3,(H,26,29)/t14-/m0/s1. The molecular weight excluding hydrogens is 407 g/mol. The van der Waals surface area contributed by atoms with Crippen LogP contribution >= 0.6 is 11.6 Å². The van der Waals surface area contributed by atoms with Crippen molar-refractivity contribution < 1.29 is 13.9 Å². The van der Waals surface area contributed by atoms with E-state index in [4.69, 9.17) is 16.3 Å². The first-order valence-electron chi connectivity index (χ1n) is 9.29. The van der Waals surface area contributed by atoms with E-state index in [0.717, 1.165) is 5.56 Å². The van der Waals surface area contributed by atoms with Crippen molar-refractivity contribution in [2.75, 3.05) is 6.61 Å². The average molecular weight is 425 g/mol. The highest BCUT2D eigenvalue weighted by Gasteiger charge is 2.16. The van der Waals surface area contributed by atoms with Crippen LogP contribution in [0.15, 0.2) is 66.9 Å². The summed E-state index contributed by atoms with van der Waals surface area (Å²) in [6, 6.07) is 16.2. The molecule has 2 heterocycles. The molecule has 1 N–H and O–H groups in total. The number of amides is 1. The fourth-order valence-corrected chi connectivity index (χ4v) is 3.06. The summed E-state index contributed by atoms with van der Waals surface area (Å²) in [6.45, 7) is 2.13. The van der Waals surface area contributed by atoms with Gasteiger partial charge in [0.15, 0.2) is 11.3 Å². The number of nitrogens with zero attached hydrogens (tertiary/aromatic N) is 3. The Balaban J connectivity index is 1.47. The van der Waals surface area contributed by atoms with E-state index >= 15 is 0 Å². The van der Waals surface area contributed by atoms with Crippen molar-refractivity contribution in [2.24, 2.45) is 0 Å². The molecule has 0 aliphatic heterocycles. The first-order chi connectivity index (χ1) is 14.5. The van der Waals surface area contributed by atoms with Crippen molar-refractivity contribution >= 4 is 23.2 Å². The van der Waals surface area contributed by atoms with Gasteiger partial charge in [-0.25, -0.2) is 13.9 Å². The lowest BCUT2D eigenvalue weighted by Gasteiger charge is -2.14. The molecule has 0 unspecified atom stereocenters. The molecular formula is C22H18ClFN4O2. The molecule has 0 aliphatic rings. The number of carbonyl (C=O) groups excluding carboxylic acids is 1. The molecule has 0 spiro atoms. The third-order valence-corrected chi connectivity index (χ3v) is 4.67. The molecule has 0 radical (unpaired) electrons. The molecule has 30 heavy (non-hydrogen) atoms. The maximum atomic E-state index is 13.2. The van der Waals surface area contributed by atoms with Crippen LogP contribution in [-0.4, -0.2) is 33.2 Å². The second kappa shape index (κ2) is 8.51. The van der Waals surface area contributed by atoms with Gasteiger partial charge in [-0.3, -0.25) is 4.79 Å². The lowest BCUT2D eigenvalue weighted by molar-refractivity contribution is 0.0921. The van der Waals surface area contributed by atoms with Gasteiger partial charge in [0.1, 0.15) is 18.2 Å². The zero-order valence-electron chi connectivity index (χ0n) is 16.0. The largest absolute Gasteiger partial charge is 0.491 e. The number of halogens is 2. The Bertz CT molecular complexity index is 1180. The molecule has 4 rings (SSSR count). The molecule has 2 aromatic heterocycles. The number of hydrogen-bond donors (Lipinski definition) is 1. The molecule has 0 aliphatic carbocycles. The Morgan fingerprint density at radius 1 is 1.17 bits per heavy atom. The summed E-state index contributed by atoms with van der Waals surface area (Å²) in [5.74, 6) is 0.0125. The Morgan fingerprint density at radius 2 is 1.90 bits per heavy atom. The van der Waals surface area contributed by atoms with Gasteiger partial charge in [-0.15, -0.1) is 0 Å². The van der Waals surface area contributed by atoms with E-state index in [0.29, 0.717) is 28.7 Å². The van der Waals surface area contributed by atoms with Crippen LogP contribution < -0.4 is 10.1 Å². The van der Waals surface area contributed by atoms with E-state index in [-0.39, 0.29) is 23.5 Å². The van der Waals surface area contributed by atoms with Crippen LogP contribution in [-0.2, 0) is 0 Å². The zero-order valence-corrected chi connectivity index (χ0v) is 16.8. The first kappa shape index (κ1) is 19.8. The SMILES string of the molecule is C[C@@H](COc1ccc(Cl)cc1)NC(=O)c1cc2nccc(-c3ccc(F)cc3)n2n1. The number of benzene rings is 2. The summed E-state index contributed by atoms with van der Waals surface area (Å²) < 4.78 is 20.5. The van der Waals surface area contributed by atoms with E-state index in [9.17, 15) is 9.18 Å². The van der Waals surface area contributed by atoms with Gasteiger partial charge < -0.3 is 10.1 Å². The van der Waals surface area contributed by atoms with Crippen LogP contribution in [0.25, 0.3) is 16.9 Å². The highest BCUT2D eigenvalue weighted by molar-refractivity contribution is 6.30. The average Bonchev–Trinajstić information content (AvgIpc) is 3.19. The minimum Gasteiger partial charge on any atom is -0.491 e. The van der Waals surface area contributed by atoms with E-state index in [2.05, 4.69) is 15.4 Å². The fourth-order valence-electron chi connectivity index (χ4n) is 2.94. The van der Waals surface area contributed by atoms with Crippen molar-refractivity contribution in [1.82, 2.24) is 19.9 Å². The molecule has 0 fully saturated rings. The predicted octanol–water partition coefficient (Wildman–Crippen LogP) is 4.39. The maximum Gasteiger partial charge on any atom is 0.272 e. The first-order valence-corrected chi connectivity index (χ1v) is 9.67. The molecule has 4 aromatic rings. The second-order valence-electron chi connectivity index (χ2n) is 6.78. The smallest absolute Gasteiger partial charge is 0.272 e. The van der Waals surface area contributed by atoms with E-state index in [1.54, 1.807) is 59.2 Å². The summed E-state index contributed by atoms with van der Waals surface area (Å²) in [6.07, 6.45) is 1.62. The number of ether oxygens (including phenoxy) is 1. The Morgan fingerprint density at radius 3 is 2.63 bits per heavy atom. The number of rotatable bonds is 6. The molecule has 0 saturated heterocycles. The summed E-state index contributed by atoms with van der Waals surface area (Å²) in [5.41, 5.74) is 2.23. The van der Waals surface area contributed by atoms with Crippen molar-refractivity contribution in [2.45, 2.75) is 13.0 Å². The predicted molar refractivity (Wildman–Crippen MR) is 112 cm³/mol. The molecule has 0 saturated carbocycles. The van der Waals surface area contributed by atoms with Crippen molar-refractivity contribution in [1.29, 1.82) is 0 Å². The molecule has 1 atom stereocenters. The number of fused-ring (bicyclic) bond motifs is 1. The van der Waals surface area contributed by atoms with Gasteiger partial charge in [0.25, 0.3) is 5.91 Å². The monoisotopic (exact) mass is 424 g/mol. The minimum absolute atomic E-state index is 0.232. The number of aromatic nitrogens is 3. The summed E-state index contributed by atoms with van der Waals surface area (Å²) >= 11 is 5.86. The van der Waals surface area contributed by atoms with Crippen LogP contribution in [0.4, 0.5) is 4.39 Å². The normalized spacial score (nSPS) is 12.0. The van der Waals surface area contributed by atoms with Crippen molar-refractivity contribution in [3.05, 3.63) is 83.4 Å². The molecule has 152 valence electrons. The zero-order chi connectivity index (χ0) is 21.1. The highest BCUT2D eigenvalue weighted by Crippen LogP contribution is 2.20. The number of carbonyl (C=O) groups is 1. The second-order valence-corrected chi connectivity index (χ2v) is 7.21. The Labute approximate surface area is 177 Å². The van der Waals surface area contributed by atoms with Gasteiger partial charge in [-0.1, -0.05) is 11.6 Å². The van der Waals surface area contributed by atoms with Gasteiger partial charge in [0, 0.05) is 22.8 Å². The molecule has 2 aromatic carbocycles. The van der Waals surface area contributed by atoms with E-state index in [1.165, 1.54) is 12.1 Å². The lowest BCUT2D eigenvalue weighted by atomic mass is 10.1. The third-order valence-electron chi connectivity index (χ3n) is 4.42. The molecule has 1 amide bonds. The van der Waals surface area contributed by atoms with Crippen LogP contribution in [0.5, 0.6) is 5.75 Å². The summed E-state index contributed by atoms with van der Waals surface area (Å²) in [4.78, 5) is 16.9. The van der Waals surface area contributed by atoms with Crippen LogP contribution in [0.3, 0.4) is 0 Å². The van der Waals surface area contributed by atoms with Crippen molar-refractivity contribution in [3.63, 3.8) is 0 Å².